The summed E-state index contributed by atoms with van der Waals surface area (Å²) in [7, 11) is 0. The number of benzene rings is 1. The summed E-state index contributed by atoms with van der Waals surface area (Å²) in [5.74, 6) is 1.30. The molecule has 4 bridgehead atoms. The molecule has 2 aromatic heterocycles. The Labute approximate surface area is 208 Å². The highest BCUT2D eigenvalue weighted by molar-refractivity contribution is 9.10. The zero-order chi connectivity index (χ0) is 23.7. The van der Waals surface area contributed by atoms with E-state index >= 15 is 0 Å². The van der Waals surface area contributed by atoms with Gasteiger partial charge in [0.1, 0.15) is 6.33 Å². The van der Waals surface area contributed by atoms with Crippen LogP contribution >= 0.6 is 15.9 Å². The molecule has 8 heteroatoms. The molecular formula is C26H31BrN6O. The van der Waals surface area contributed by atoms with Crippen molar-refractivity contribution in [2.24, 2.45) is 17.3 Å². The number of anilines is 1. The predicted octanol–water partition coefficient (Wildman–Crippen LogP) is 5.14. The molecule has 4 aliphatic rings. The van der Waals surface area contributed by atoms with Crippen molar-refractivity contribution in [3.8, 4) is 0 Å². The van der Waals surface area contributed by atoms with E-state index in [-0.39, 0.29) is 16.9 Å². The number of amides is 1. The van der Waals surface area contributed by atoms with Gasteiger partial charge < -0.3 is 5.32 Å². The third-order valence-corrected chi connectivity index (χ3v) is 8.90. The van der Waals surface area contributed by atoms with Crippen molar-refractivity contribution in [1.82, 2.24) is 24.5 Å². The summed E-state index contributed by atoms with van der Waals surface area (Å²) in [6.45, 7) is 6.83. The molecule has 7 rings (SSSR count). The topological polar surface area (TPSA) is 77.6 Å². The van der Waals surface area contributed by atoms with Crippen LogP contribution in [0.15, 0.2) is 35.3 Å². The number of aryl methyl sites for hydroxylation is 2. The van der Waals surface area contributed by atoms with Crippen molar-refractivity contribution in [3.63, 3.8) is 0 Å². The summed E-state index contributed by atoms with van der Waals surface area (Å²) in [5.41, 5.74) is 4.75. The molecule has 2 atom stereocenters. The number of nitrogens with one attached hydrogen (secondary N) is 1. The van der Waals surface area contributed by atoms with Crippen LogP contribution in [0, 0.1) is 38.0 Å². The molecule has 1 amide bonds. The van der Waals surface area contributed by atoms with Crippen LogP contribution in [0.3, 0.4) is 0 Å². The van der Waals surface area contributed by atoms with Crippen molar-refractivity contribution in [3.05, 3.63) is 57.8 Å². The fourth-order valence-corrected chi connectivity index (χ4v) is 7.63. The first-order valence-electron chi connectivity index (χ1n) is 12.2. The highest BCUT2D eigenvalue weighted by Crippen LogP contribution is 2.64. The fourth-order valence-electron chi connectivity index (χ4n) is 7.36. The molecule has 3 aromatic rings. The maximum absolute atomic E-state index is 14.0. The zero-order valence-corrected chi connectivity index (χ0v) is 21.6. The van der Waals surface area contributed by atoms with Crippen molar-refractivity contribution >= 4 is 27.5 Å². The number of carbonyl (C=O) groups excluding carboxylic acids is 1. The van der Waals surface area contributed by atoms with Crippen molar-refractivity contribution < 1.29 is 4.79 Å². The Hall–Kier alpha value is -2.48. The average Bonchev–Trinajstić information content (AvgIpc) is 3.34. The molecule has 0 spiro atoms. The molecule has 4 fully saturated rings. The Morgan fingerprint density at radius 2 is 1.79 bits per heavy atom. The van der Waals surface area contributed by atoms with Gasteiger partial charge in [0.05, 0.1) is 34.6 Å². The highest BCUT2D eigenvalue weighted by atomic mass is 79.9. The first-order chi connectivity index (χ1) is 16.3. The largest absolute Gasteiger partial charge is 0.322 e. The molecule has 0 saturated heterocycles. The van der Waals surface area contributed by atoms with E-state index in [2.05, 4.69) is 69.4 Å². The molecule has 178 valence electrons. The summed E-state index contributed by atoms with van der Waals surface area (Å²) >= 11 is 3.41. The molecule has 1 N–H and O–H groups in total. The zero-order valence-electron chi connectivity index (χ0n) is 20.0. The molecule has 1 aromatic carbocycles. The van der Waals surface area contributed by atoms with Gasteiger partial charge >= 0.3 is 0 Å². The van der Waals surface area contributed by atoms with Gasteiger partial charge in [-0.3, -0.25) is 9.48 Å². The van der Waals surface area contributed by atoms with E-state index in [0.29, 0.717) is 23.1 Å². The number of rotatable bonds is 5. The number of halogens is 1. The number of hydrogen-bond donors (Lipinski definition) is 1. The lowest BCUT2D eigenvalue weighted by molar-refractivity contribution is -0.150. The molecule has 0 aliphatic heterocycles. The number of carbonyl (C=O) groups is 1. The van der Waals surface area contributed by atoms with Crippen LogP contribution in [-0.4, -0.2) is 30.5 Å². The molecule has 2 heterocycles. The minimum absolute atomic E-state index is 0.0971. The Balaban J connectivity index is 1.27. The summed E-state index contributed by atoms with van der Waals surface area (Å²) in [5, 5.41) is 12.7. The van der Waals surface area contributed by atoms with Crippen LogP contribution in [0.1, 0.15) is 61.0 Å². The van der Waals surface area contributed by atoms with Crippen LogP contribution in [0.5, 0.6) is 0 Å². The van der Waals surface area contributed by atoms with Crippen molar-refractivity contribution in [2.45, 2.75) is 71.4 Å². The SMILES string of the molecule is Cc1ccc(Cn2nc(C)c(NC(=O)C34CC5CC(C3)CC(n3cnc(Br)n3)(C5)C4)c2C)cc1. The van der Waals surface area contributed by atoms with E-state index in [1.54, 1.807) is 0 Å². The van der Waals surface area contributed by atoms with E-state index in [0.717, 1.165) is 49.2 Å². The molecule has 7 nitrogen and oxygen atoms in total. The summed E-state index contributed by atoms with van der Waals surface area (Å²) in [6, 6.07) is 8.53. The lowest BCUT2D eigenvalue weighted by Gasteiger charge is -2.60. The first-order valence-corrected chi connectivity index (χ1v) is 13.0. The van der Waals surface area contributed by atoms with Crippen LogP contribution in [-0.2, 0) is 16.9 Å². The molecule has 34 heavy (non-hydrogen) atoms. The van der Waals surface area contributed by atoms with E-state index in [9.17, 15) is 4.79 Å². The van der Waals surface area contributed by atoms with Gasteiger partial charge in [0, 0.05) is 0 Å². The monoisotopic (exact) mass is 522 g/mol. The standard InChI is InChI=1S/C26H31BrN6O/c1-16-4-6-19(7-5-16)13-32-18(3)22(17(2)30-32)29-23(34)25-9-20-8-21(10-25)12-26(11-20,14-25)33-15-28-24(27)31-33/h4-7,15,20-21H,8-14H2,1-3H3,(H,29,34). The van der Waals surface area contributed by atoms with Gasteiger partial charge in [-0.2, -0.15) is 5.10 Å². The third-order valence-electron chi connectivity index (χ3n) is 8.53. The fraction of sp³-hybridized carbons (Fsp3) is 0.538. The van der Waals surface area contributed by atoms with Crippen LogP contribution in [0.2, 0.25) is 0 Å². The second kappa shape index (κ2) is 7.77. The lowest BCUT2D eigenvalue weighted by Crippen LogP contribution is -2.60. The second-order valence-electron chi connectivity index (χ2n) is 11.1. The van der Waals surface area contributed by atoms with Crippen molar-refractivity contribution in [1.29, 1.82) is 0 Å². The van der Waals surface area contributed by atoms with Gasteiger partial charge in [-0.15, -0.1) is 5.10 Å². The summed E-state index contributed by atoms with van der Waals surface area (Å²) in [4.78, 5) is 18.3. The van der Waals surface area contributed by atoms with Crippen molar-refractivity contribution in [2.75, 3.05) is 5.32 Å². The maximum Gasteiger partial charge on any atom is 0.230 e. The molecule has 0 radical (unpaired) electrons. The Morgan fingerprint density at radius 1 is 1.09 bits per heavy atom. The Kier molecular flexibility index (Phi) is 5.03. The Bertz CT molecular complexity index is 1240. The highest BCUT2D eigenvalue weighted by Gasteiger charge is 2.61. The van der Waals surface area contributed by atoms with Gasteiger partial charge in [-0.1, -0.05) is 29.8 Å². The van der Waals surface area contributed by atoms with Gasteiger partial charge in [0.15, 0.2) is 0 Å². The average molecular weight is 523 g/mol. The van der Waals surface area contributed by atoms with Crippen LogP contribution in [0.4, 0.5) is 5.69 Å². The minimum atomic E-state index is -0.347. The van der Waals surface area contributed by atoms with Gasteiger partial charge in [0.25, 0.3) is 0 Å². The van der Waals surface area contributed by atoms with E-state index in [1.165, 1.54) is 17.5 Å². The minimum Gasteiger partial charge on any atom is -0.322 e. The molecule has 2 unspecified atom stereocenters. The van der Waals surface area contributed by atoms with Gasteiger partial charge in [0.2, 0.25) is 10.6 Å². The lowest BCUT2D eigenvalue weighted by atomic mass is 9.46. The number of hydrogen-bond acceptors (Lipinski definition) is 4. The summed E-state index contributed by atoms with van der Waals surface area (Å²) in [6.07, 6.45) is 8.06. The van der Waals surface area contributed by atoms with Gasteiger partial charge in [-0.05, 0) is 92.6 Å². The maximum atomic E-state index is 14.0. The second-order valence-corrected chi connectivity index (χ2v) is 11.8. The third kappa shape index (κ3) is 3.53. The van der Waals surface area contributed by atoms with Crippen LogP contribution in [0.25, 0.3) is 0 Å². The van der Waals surface area contributed by atoms with Crippen LogP contribution < -0.4 is 5.32 Å². The molecule has 4 aliphatic carbocycles. The first kappa shape index (κ1) is 22.0. The predicted molar refractivity (Wildman–Crippen MR) is 133 cm³/mol. The smallest absolute Gasteiger partial charge is 0.230 e. The summed E-state index contributed by atoms with van der Waals surface area (Å²) < 4.78 is 4.67. The molecular weight excluding hydrogens is 492 g/mol. The number of nitrogens with zero attached hydrogens (tertiary/aromatic N) is 5. The van der Waals surface area contributed by atoms with E-state index < -0.39 is 0 Å². The number of aromatic nitrogens is 5. The van der Waals surface area contributed by atoms with E-state index in [4.69, 9.17) is 5.10 Å². The Morgan fingerprint density at radius 3 is 2.44 bits per heavy atom. The molecule has 4 saturated carbocycles. The van der Waals surface area contributed by atoms with Gasteiger partial charge in [-0.25, -0.2) is 9.67 Å². The van der Waals surface area contributed by atoms with E-state index in [1.807, 2.05) is 22.6 Å². The normalized spacial score (nSPS) is 29.5. The quantitative estimate of drug-likeness (QED) is 0.502.